The number of nitrogens with zero attached hydrogens (tertiary/aromatic N) is 1. The van der Waals surface area contributed by atoms with E-state index in [4.69, 9.17) is 16.6 Å². The van der Waals surface area contributed by atoms with Crippen LogP contribution < -0.4 is 0 Å². The zero-order chi connectivity index (χ0) is 10.1. The summed E-state index contributed by atoms with van der Waals surface area (Å²) in [6.45, 7) is 4.05. The van der Waals surface area contributed by atoms with E-state index in [0.29, 0.717) is 10.7 Å². The number of rotatable bonds is 1. The molecule has 0 amide bonds. The van der Waals surface area contributed by atoms with E-state index in [9.17, 15) is 0 Å². The highest BCUT2D eigenvalue weighted by molar-refractivity contribution is 7.71. The molecule has 0 radical (unpaired) electrons. The number of nitrogens with one attached hydrogen (secondary N) is 1. The van der Waals surface area contributed by atoms with E-state index in [-0.39, 0.29) is 0 Å². The second-order valence-corrected chi connectivity index (χ2v) is 3.56. The van der Waals surface area contributed by atoms with Gasteiger partial charge in [-0.3, -0.25) is 0 Å². The van der Waals surface area contributed by atoms with E-state index >= 15 is 0 Å². The molecule has 72 valence electrons. The predicted molar refractivity (Wildman–Crippen MR) is 56.6 cm³/mol. The van der Waals surface area contributed by atoms with Gasteiger partial charge in [0.05, 0.1) is 0 Å². The SMILES string of the molecule is Cc1cccc(C)c1-c1n[nH]c(=S)o1. The molecule has 0 saturated heterocycles. The van der Waals surface area contributed by atoms with Gasteiger partial charge in [0.25, 0.3) is 4.84 Å². The lowest BCUT2D eigenvalue weighted by Crippen LogP contribution is -1.87. The van der Waals surface area contributed by atoms with Gasteiger partial charge in [0.1, 0.15) is 0 Å². The number of hydrogen-bond acceptors (Lipinski definition) is 3. The van der Waals surface area contributed by atoms with Crippen molar-refractivity contribution in [2.45, 2.75) is 13.8 Å². The summed E-state index contributed by atoms with van der Waals surface area (Å²) in [6, 6.07) is 6.06. The zero-order valence-corrected chi connectivity index (χ0v) is 8.81. The van der Waals surface area contributed by atoms with Gasteiger partial charge in [-0.1, -0.05) is 18.2 Å². The minimum Gasteiger partial charge on any atom is -0.409 e. The number of H-pyrrole nitrogens is 1. The number of hydrogen-bond donors (Lipinski definition) is 1. The Morgan fingerprint density at radius 2 is 1.93 bits per heavy atom. The summed E-state index contributed by atoms with van der Waals surface area (Å²) in [5.74, 6) is 0.561. The van der Waals surface area contributed by atoms with Crippen LogP contribution in [-0.4, -0.2) is 10.2 Å². The molecule has 0 bridgehead atoms. The van der Waals surface area contributed by atoms with Crippen LogP contribution in [0, 0.1) is 18.7 Å². The Labute approximate surface area is 86.8 Å². The summed E-state index contributed by atoms with van der Waals surface area (Å²) in [5, 5.41) is 6.63. The van der Waals surface area contributed by atoms with E-state index in [1.54, 1.807) is 0 Å². The zero-order valence-electron chi connectivity index (χ0n) is 8.00. The summed E-state index contributed by atoms with van der Waals surface area (Å²) in [5.41, 5.74) is 3.28. The van der Waals surface area contributed by atoms with Crippen LogP contribution in [0.2, 0.25) is 0 Å². The summed E-state index contributed by atoms with van der Waals surface area (Å²) >= 11 is 4.83. The lowest BCUT2D eigenvalue weighted by Gasteiger charge is -2.03. The van der Waals surface area contributed by atoms with Crippen molar-refractivity contribution < 1.29 is 4.42 Å². The Morgan fingerprint density at radius 3 is 2.43 bits per heavy atom. The standard InChI is InChI=1S/C10H10N2OS/c1-6-4-3-5-7(2)8(6)9-11-12-10(14)13-9/h3-5H,1-2H3,(H,12,14). The van der Waals surface area contributed by atoms with E-state index in [2.05, 4.69) is 10.2 Å². The number of aromatic nitrogens is 2. The highest BCUT2D eigenvalue weighted by Crippen LogP contribution is 2.24. The average molecular weight is 206 g/mol. The van der Waals surface area contributed by atoms with Gasteiger partial charge in [0.2, 0.25) is 5.89 Å². The summed E-state index contributed by atoms with van der Waals surface area (Å²) < 4.78 is 5.28. The van der Waals surface area contributed by atoms with Crippen molar-refractivity contribution in [2.24, 2.45) is 0 Å². The van der Waals surface area contributed by atoms with Crippen LogP contribution in [-0.2, 0) is 0 Å². The van der Waals surface area contributed by atoms with Crippen molar-refractivity contribution in [3.63, 3.8) is 0 Å². The van der Waals surface area contributed by atoms with Crippen LogP contribution in [0.5, 0.6) is 0 Å². The van der Waals surface area contributed by atoms with E-state index in [1.807, 2.05) is 32.0 Å². The smallest absolute Gasteiger partial charge is 0.284 e. The van der Waals surface area contributed by atoms with Crippen LogP contribution in [0.3, 0.4) is 0 Å². The minimum absolute atomic E-state index is 0.308. The second-order valence-electron chi connectivity index (χ2n) is 3.19. The Kier molecular flexibility index (Phi) is 2.21. The van der Waals surface area contributed by atoms with Crippen molar-refractivity contribution in [1.82, 2.24) is 10.2 Å². The molecule has 0 saturated carbocycles. The van der Waals surface area contributed by atoms with Crippen molar-refractivity contribution >= 4 is 12.2 Å². The second kappa shape index (κ2) is 3.38. The van der Waals surface area contributed by atoms with Gasteiger partial charge < -0.3 is 4.42 Å². The van der Waals surface area contributed by atoms with Gasteiger partial charge >= 0.3 is 0 Å². The molecule has 4 heteroatoms. The van der Waals surface area contributed by atoms with Crippen molar-refractivity contribution in [2.75, 3.05) is 0 Å². The molecule has 1 aromatic carbocycles. The fourth-order valence-corrected chi connectivity index (χ4v) is 1.61. The normalized spacial score (nSPS) is 10.4. The molecular formula is C10H10N2OS. The monoisotopic (exact) mass is 206 g/mol. The van der Waals surface area contributed by atoms with E-state index in [1.165, 1.54) is 0 Å². The minimum atomic E-state index is 0.308. The number of benzene rings is 1. The van der Waals surface area contributed by atoms with Gasteiger partial charge in [-0.05, 0) is 37.2 Å². The first kappa shape index (κ1) is 9.15. The molecule has 2 rings (SSSR count). The van der Waals surface area contributed by atoms with Crippen molar-refractivity contribution in [3.8, 4) is 11.5 Å². The highest BCUT2D eigenvalue weighted by Gasteiger charge is 2.09. The molecule has 1 aromatic heterocycles. The fraction of sp³-hybridized carbons (Fsp3) is 0.200. The first-order valence-corrected chi connectivity index (χ1v) is 4.71. The van der Waals surface area contributed by atoms with Gasteiger partial charge in [0.15, 0.2) is 0 Å². The van der Waals surface area contributed by atoms with Crippen LogP contribution in [0.15, 0.2) is 22.6 Å². The Hall–Kier alpha value is -1.42. The molecule has 0 spiro atoms. The molecule has 0 fully saturated rings. The maximum absolute atomic E-state index is 5.28. The maximum Gasteiger partial charge on any atom is 0.284 e. The quantitative estimate of drug-likeness (QED) is 0.729. The summed E-state index contributed by atoms with van der Waals surface area (Å²) in [7, 11) is 0. The first-order chi connectivity index (χ1) is 6.68. The third-order valence-corrected chi connectivity index (χ3v) is 2.31. The van der Waals surface area contributed by atoms with Gasteiger partial charge in [-0.2, -0.15) is 0 Å². The lowest BCUT2D eigenvalue weighted by atomic mass is 10.0. The largest absolute Gasteiger partial charge is 0.409 e. The molecule has 0 aliphatic carbocycles. The topological polar surface area (TPSA) is 41.8 Å². The van der Waals surface area contributed by atoms with E-state index < -0.39 is 0 Å². The molecule has 0 aliphatic rings. The third kappa shape index (κ3) is 1.48. The predicted octanol–water partition coefficient (Wildman–Crippen LogP) is 3.02. The molecule has 1 heterocycles. The molecular weight excluding hydrogens is 196 g/mol. The van der Waals surface area contributed by atoms with Crippen LogP contribution in [0.1, 0.15) is 11.1 Å². The van der Waals surface area contributed by atoms with Gasteiger partial charge in [-0.15, -0.1) is 5.10 Å². The lowest BCUT2D eigenvalue weighted by molar-refractivity contribution is 0.551. The Balaban J connectivity index is 2.67. The third-order valence-electron chi connectivity index (χ3n) is 2.13. The van der Waals surface area contributed by atoms with Crippen LogP contribution in [0.25, 0.3) is 11.5 Å². The Morgan fingerprint density at radius 1 is 1.29 bits per heavy atom. The van der Waals surface area contributed by atoms with Gasteiger partial charge in [0, 0.05) is 5.56 Å². The summed E-state index contributed by atoms with van der Waals surface area (Å²) in [4.78, 5) is 0.308. The molecule has 2 aromatic rings. The molecule has 0 unspecified atom stereocenters. The molecule has 1 N–H and O–H groups in total. The average Bonchev–Trinajstić information content (AvgIpc) is 2.51. The highest BCUT2D eigenvalue weighted by atomic mass is 32.1. The van der Waals surface area contributed by atoms with Crippen molar-refractivity contribution in [3.05, 3.63) is 34.2 Å². The molecule has 14 heavy (non-hydrogen) atoms. The van der Waals surface area contributed by atoms with Gasteiger partial charge in [-0.25, -0.2) is 5.10 Å². The Bertz CT molecular complexity index is 493. The maximum atomic E-state index is 5.28. The molecule has 0 aliphatic heterocycles. The van der Waals surface area contributed by atoms with Crippen LogP contribution >= 0.6 is 12.2 Å². The fourth-order valence-electron chi connectivity index (χ4n) is 1.49. The van der Waals surface area contributed by atoms with Crippen molar-refractivity contribution in [1.29, 1.82) is 0 Å². The van der Waals surface area contributed by atoms with E-state index in [0.717, 1.165) is 16.7 Å². The number of aryl methyl sites for hydroxylation is 2. The molecule has 0 atom stereocenters. The first-order valence-electron chi connectivity index (χ1n) is 4.30. The summed E-state index contributed by atoms with van der Waals surface area (Å²) in [6.07, 6.45) is 0. The number of aromatic amines is 1. The van der Waals surface area contributed by atoms with Crippen LogP contribution in [0.4, 0.5) is 0 Å². The molecule has 3 nitrogen and oxygen atoms in total.